The van der Waals surface area contributed by atoms with Crippen molar-refractivity contribution in [3.8, 4) is 11.4 Å². The summed E-state index contributed by atoms with van der Waals surface area (Å²) < 4.78 is 1.77. The molecule has 1 aliphatic heterocycles. The van der Waals surface area contributed by atoms with Crippen molar-refractivity contribution >= 4 is 11.8 Å². The fraction of sp³-hybridized carbons (Fsp3) is 0.381. The highest BCUT2D eigenvalue weighted by Crippen LogP contribution is 2.27. The predicted molar refractivity (Wildman–Crippen MR) is 110 cm³/mol. The molecular formula is C21H25N7O2. The van der Waals surface area contributed by atoms with Gasteiger partial charge in [-0.15, -0.1) is 0 Å². The molecule has 9 heteroatoms. The number of hydrogen-bond donors (Lipinski definition) is 2. The summed E-state index contributed by atoms with van der Waals surface area (Å²) in [6.45, 7) is 4.90. The summed E-state index contributed by atoms with van der Waals surface area (Å²) in [6, 6.07) is 9.48. The molecule has 1 saturated heterocycles. The van der Waals surface area contributed by atoms with Gasteiger partial charge in [0.05, 0.1) is 18.2 Å². The number of aromatic amines is 1. The molecule has 4 rings (SSSR count). The molecule has 3 heterocycles. The predicted octanol–water partition coefficient (Wildman–Crippen LogP) is 1.50. The van der Waals surface area contributed by atoms with Crippen LogP contribution in [-0.2, 0) is 16.1 Å². The Morgan fingerprint density at radius 2 is 2.03 bits per heavy atom. The second-order valence-corrected chi connectivity index (χ2v) is 7.65. The summed E-state index contributed by atoms with van der Waals surface area (Å²) in [4.78, 5) is 30.9. The van der Waals surface area contributed by atoms with Gasteiger partial charge in [0.2, 0.25) is 11.8 Å². The van der Waals surface area contributed by atoms with Gasteiger partial charge in [-0.2, -0.15) is 10.2 Å². The van der Waals surface area contributed by atoms with Crippen molar-refractivity contribution in [1.82, 2.24) is 35.2 Å². The molecule has 2 atom stereocenters. The number of carbonyl (C=O) groups excluding carboxylic acids is 2. The van der Waals surface area contributed by atoms with E-state index in [1.807, 2.05) is 43.5 Å². The summed E-state index contributed by atoms with van der Waals surface area (Å²) in [5, 5.41) is 14.5. The van der Waals surface area contributed by atoms with E-state index in [4.69, 9.17) is 0 Å². The molecule has 30 heavy (non-hydrogen) atoms. The number of nitrogens with zero attached hydrogens (tertiary/aromatic N) is 5. The number of likely N-dealkylation sites (tertiary alicyclic amines) is 1. The molecule has 3 aromatic rings. The summed E-state index contributed by atoms with van der Waals surface area (Å²) >= 11 is 0. The quantitative estimate of drug-likeness (QED) is 0.644. The van der Waals surface area contributed by atoms with Gasteiger partial charge in [-0.25, -0.2) is 4.98 Å². The number of carbonyl (C=O) groups is 2. The van der Waals surface area contributed by atoms with E-state index in [1.165, 1.54) is 6.92 Å². The first kappa shape index (κ1) is 19.8. The van der Waals surface area contributed by atoms with Crippen molar-refractivity contribution in [3.05, 3.63) is 54.1 Å². The third-order valence-electron chi connectivity index (χ3n) is 5.26. The number of aromatic nitrogens is 5. The Hall–Kier alpha value is -3.49. The van der Waals surface area contributed by atoms with Crippen molar-refractivity contribution in [2.75, 3.05) is 13.1 Å². The van der Waals surface area contributed by atoms with Crippen molar-refractivity contribution in [1.29, 1.82) is 0 Å². The molecular weight excluding hydrogens is 382 g/mol. The molecule has 9 nitrogen and oxygen atoms in total. The zero-order chi connectivity index (χ0) is 21.1. The first-order valence-corrected chi connectivity index (χ1v) is 10.0. The van der Waals surface area contributed by atoms with Gasteiger partial charge >= 0.3 is 0 Å². The molecule has 0 saturated carbocycles. The monoisotopic (exact) mass is 407 g/mol. The Balaban J connectivity index is 1.47. The van der Waals surface area contributed by atoms with E-state index in [-0.39, 0.29) is 23.8 Å². The highest BCUT2D eigenvalue weighted by Gasteiger charge is 2.38. The zero-order valence-corrected chi connectivity index (χ0v) is 17.1. The van der Waals surface area contributed by atoms with Crippen LogP contribution in [0.15, 0.2) is 42.7 Å². The second-order valence-electron chi connectivity index (χ2n) is 7.65. The molecule has 0 bridgehead atoms. The van der Waals surface area contributed by atoms with E-state index in [1.54, 1.807) is 15.8 Å². The molecule has 1 fully saturated rings. The number of rotatable bonds is 6. The summed E-state index contributed by atoms with van der Waals surface area (Å²) in [5.74, 6) is 1.03. The smallest absolute Gasteiger partial charge is 0.224 e. The Kier molecular flexibility index (Phi) is 5.60. The van der Waals surface area contributed by atoms with Crippen LogP contribution in [0, 0.1) is 6.92 Å². The number of hydrogen-bond acceptors (Lipinski definition) is 5. The topological polar surface area (TPSA) is 109 Å². The summed E-state index contributed by atoms with van der Waals surface area (Å²) in [5.41, 5.74) is 1.98. The van der Waals surface area contributed by atoms with Crippen LogP contribution >= 0.6 is 0 Å². The highest BCUT2D eigenvalue weighted by atomic mass is 16.2. The molecule has 0 radical (unpaired) electrons. The van der Waals surface area contributed by atoms with Gasteiger partial charge in [-0.3, -0.25) is 19.4 Å². The van der Waals surface area contributed by atoms with Crippen LogP contribution in [0.4, 0.5) is 0 Å². The van der Waals surface area contributed by atoms with Crippen molar-refractivity contribution < 1.29 is 9.59 Å². The second kappa shape index (κ2) is 8.48. The number of nitrogens with one attached hydrogen (secondary N) is 2. The molecule has 0 aliphatic carbocycles. The molecule has 0 spiro atoms. The van der Waals surface area contributed by atoms with Gasteiger partial charge in [-0.1, -0.05) is 30.3 Å². The lowest BCUT2D eigenvalue weighted by Crippen LogP contribution is -2.39. The number of amides is 2. The number of aryl methyl sites for hydroxylation is 2. The largest absolute Gasteiger partial charge is 0.351 e. The Morgan fingerprint density at radius 1 is 1.23 bits per heavy atom. The van der Waals surface area contributed by atoms with Gasteiger partial charge in [0.15, 0.2) is 5.82 Å². The van der Waals surface area contributed by atoms with Gasteiger partial charge < -0.3 is 10.2 Å². The molecule has 1 aromatic carbocycles. The lowest BCUT2D eigenvalue weighted by Gasteiger charge is -2.17. The third kappa shape index (κ3) is 4.40. The fourth-order valence-electron chi connectivity index (χ4n) is 3.81. The van der Waals surface area contributed by atoms with Crippen LogP contribution in [0.5, 0.6) is 0 Å². The van der Waals surface area contributed by atoms with E-state index in [0.29, 0.717) is 37.7 Å². The molecule has 2 amide bonds. The molecule has 1 aliphatic rings. The average molecular weight is 407 g/mol. The van der Waals surface area contributed by atoms with Gasteiger partial charge in [0.1, 0.15) is 5.82 Å². The maximum absolute atomic E-state index is 12.8. The van der Waals surface area contributed by atoms with Crippen molar-refractivity contribution in [3.63, 3.8) is 0 Å². The molecule has 2 N–H and O–H groups in total. The highest BCUT2D eigenvalue weighted by molar-refractivity contribution is 5.77. The maximum Gasteiger partial charge on any atom is 0.224 e. The van der Waals surface area contributed by atoms with Crippen LogP contribution < -0.4 is 5.32 Å². The number of H-pyrrole nitrogens is 1. The van der Waals surface area contributed by atoms with E-state index in [2.05, 4.69) is 25.6 Å². The van der Waals surface area contributed by atoms with Gasteiger partial charge in [0, 0.05) is 44.7 Å². The van der Waals surface area contributed by atoms with Crippen LogP contribution in [-0.4, -0.2) is 60.8 Å². The Bertz CT molecular complexity index is 1030. The average Bonchev–Trinajstić information content (AvgIpc) is 3.46. The van der Waals surface area contributed by atoms with Gasteiger partial charge in [0.25, 0.3) is 0 Å². The van der Waals surface area contributed by atoms with E-state index in [0.717, 1.165) is 11.1 Å². The van der Waals surface area contributed by atoms with E-state index in [9.17, 15) is 9.59 Å². The van der Waals surface area contributed by atoms with Crippen LogP contribution in [0.2, 0.25) is 0 Å². The van der Waals surface area contributed by atoms with Crippen LogP contribution in [0.3, 0.4) is 0 Å². The summed E-state index contributed by atoms with van der Waals surface area (Å²) in [7, 11) is 0. The minimum Gasteiger partial charge on any atom is -0.351 e. The van der Waals surface area contributed by atoms with Crippen molar-refractivity contribution in [2.45, 2.75) is 38.8 Å². The molecule has 156 valence electrons. The van der Waals surface area contributed by atoms with Crippen LogP contribution in [0.1, 0.15) is 30.7 Å². The maximum atomic E-state index is 12.8. The number of benzene rings is 1. The first-order valence-electron chi connectivity index (χ1n) is 10.0. The first-order chi connectivity index (χ1) is 14.5. The minimum absolute atomic E-state index is 0.0313. The van der Waals surface area contributed by atoms with Crippen molar-refractivity contribution in [2.24, 2.45) is 0 Å². The minimum atomic E-state index is -0.213. The van der Waals surface area contributed by atoms with E-state index >= 15 is 0 Å². The zero-order valence-electron chi connectivity index (χ0n) is 17.1. The third-order valence-corrected chi connectivity index (χ3v) is 5.26. The Labute approximate surface area is 174 Å². The Morgan fingerprint density at radius 3 is 2.73 bits per heavy atom. The van der Waals surface area contributed by atoms with E-state index < -0.39 is 0 Å². The van der Waals surface area contributed by atoms with Gasteiger partial charge in [-0.05, 0) is 12.5 Å². The lowest BCUT2D eigenvalue weighted by molar-refractivity contribution is -0.130. The lowest BCUT2D eigenvalue weighted by atomic mass is 10.0. The summed E-state index contributed by atoms with van der Waals surface area (Å²) in [6.07, 6.45) is 4.05. The fourth-order valence-corrected chi connectivity index (χ4v) is 3.81. The SMILES string of the molecule is CC(=O)N[C@@H]1CN(C(=O)CCn2cc(C)cn2)C[C@H]1c1nc(-c2ccccc2)n[nH]1. The molecule has 2 aromatic heterocycles. The standard InChI is InChI=1S/C21H25N7O2/c1-14-10-22-28(11-14)9-8-19(30)27-12-17(18(13-27)23-15(2)29)21-24-20(25-26-21)16-6-4-3-5-7-16/h3-7,10-11,17-18H,8-9,12-13H2,1-2H3,(H,23,29)(H,24,25,26)/t17-,18-/m1/s1. The van der Waals surface area contributed by atoms with Crippen LogP contribution in [0.25, 0.3) is 11.4 Å². The normalized spacial score (nSPS) is 18.5. The molecule has 0 unspecified atom stereocenters.